The number of carbonyl (C=O) groups excluding carboxylic acids is 2. The maximum Gasteiger partial charge on any atom is 0.252 e. The molecule has 5 fully saturated rings. The molecular formula is C24H27N5O2. The van der Waals surface area contributed by atoms with Gasteiger partial charge in [0.2, 0.25) is 0 Å². The van der Waals surface area contributed by atoms with Crippen LogP contribution in [0.3, 0.4) is 0 Å². The molecule has 0 spiro atoms. The number of nitriles is 1. The second-order valence-electron chi connectivity index (χ2n) is 10.4. The van der Waals surface area contributed by atoms with Crippen molar-refractivity contribution in [2.75, 3.05) is 5.32 Å². The van der Waals surface area contributed by atoms with E-state index in [1.54, 1.807) is 6.20 Å². The summed E-state index contributed by atoms with van der Waals surface area (Å²) in [5, 5.41) is 13.7. The Morgan fingerprint density at radius 3 is 2.61 bits per heavy atom. The molecule has 5 aliphatic carbocycles. The Morgan fingerprint density at radius 1 is 1.19 bits per heavy atom. The number of pyridine rings is 1. The Kier molecular flexibility index (Phi) is 3.99. The first-order valence-electron chi connectivity index (χ1n) is 11.4. The van der Waals surface area contributed by atoms with Crippen LogP contribution in [0.15, 0.2) is 18.5 Å². The SMILES string of the molecule is N#CC1CC(C(=O)C23CC4CC(C2)C(Nc2c(C(N)=O)cnc5[nH]ccc25)C(C4)C3)C1. The van der Waals surface area contributed by atoms with Gasteiger partial charge in [-0.3, -0.25) is 9.59 Å². The van der Waals surface area contributed by atoms with E-state index in [1.807, 2.05) is 12.3 Å². The van der Waals surface area contributed by atoms with Crippen molar-refractivity contribution in [3.05, 3.63) is 24.0 Å². The van der Waals surface area contributed by atoms with E-state index in [-0.39, 0.29) is 23.3 Å². The van der Waals surface area contributed by atoms with Crippen LogP contribution < -0.4 is 11.1 Å². The molecule has 160 valence electrons. The highest BCUT2D eigenvalue weighted by Crippen LogP contribution is 2.62. The van der Waals surface area contributed by atoms with E-state index >= 15 is 0 Å². The van der Waals surface area contributed by atoms with E-state index < -0.39 is 5.91 Å². The number of primary amides is 1. The first-order chi connectivity index (χ1) is 15.0. The molecule has 31 heavy (non-hydrogen) atoms. The fourth-order valence-corrected chi connectivity index (χ4v) is 7.45. The lowest BCUT2D eigenvalue weighted by atomic mass is 9.45. The van der Waals surface area contributed by atoms with E-state index in [2.05, 4.69) is 21.4 Å². The Hall–Kier alpha value is -2.88. The van der Waals surface area contributed by atoms with Crippen molar-refractivity contribution >= 4 is 28.4 Å². The normalized spacial score (nSPS) is 37.9. The van der Waals surface area contributed by atoms with E-state index in [0.29, 0.717) is 29.1 Å². The first kappa shape index (κ1) is 18.9. The second-order valence-corrected chi connectivity index (χ2v) is 10.4. The van der Waals surface area contributed by atoms with Gasteiger partial charge in [0.25, 0.3) is 5.91 Å². The summed E-state index contributed by atoms with van der Waals surface area (Å²) in [6.45, 7) is 0. The molecule has 2 heterocycles. The molecule has 7 rings (SSSR count). The highest BCUT2D eigenvalue weighted by molar-refractivity contribution is 6.06. The zero-order valence-corrected chi connectivity index (χ0v) is 17.4. The summed E-state index contributed by atoms with van der Waals surface area (Å²) in [5.41, 5.74) is 7.41. The number of nitrogens with zero attached hydrogens (tertiary/aromatic N) is 2. The third-order valence-electron chi connectivity index (χ3n) is 8.65. The van der Waals surface area contributed by atoms with Crippen molar-refractivity contribution in [2.24, 2.45) is 40.7 Å². The van der Waals surface area contributed by atoms with Crippen molar-refractivity contribution in [3.63, 3.8) is 0 Å². The number of Topliss-reactive ketones (excluding diaryl/α,β-unsaturated/α-hetero) is 1. The Balaban J connectivity index is 1.29. The monoisotopic (exact) mass is 417 g/mol. The number of fused-ring (bicyclic) bond motifs is 1. The predicted molar refractivity (Wildman–Crippen MR) is 115 cm³/mol. The highest BCUT2D eigenvalue weighted by atomic mass is 16.1. The maximum atomic E-state index is 13.5. The van der Waals surface area contributed by atoms with Gasteiger partial charge >= 0.3 is 0 Å². The van der Waals surface area contributed by atoms with Gasteiger partial charge in [-0.15, -0.1) is 0 Å². The van der Waals surface area contributed by atoms with Crippen LogP contribution in [0.5, 0.6) is 0 Å². The van der Waals surface area contributed by atoms with Crippen molar-refractivity contribution in [1.82, 2.24) is 9.97 Å². The maximum absolute atomic E-state index is 13.5. The van der Waals surface area contributed by atoms with E-state index in [0.717, 1.165) is 61.7 Å². The average molecular weight is 418 g/mol. The fraction of sp³-hybridized carbons (Fsp3) is 0.583. The van der Waals surface area contributed by atoms with Crippen molar-refractivity contribution in [1.29, 1.82) is 5.26 Å². The predicted octanol–water partition coefficient (Wildman–Crippen LogP) is 3.39. The van der Waals surface area contributed by atoms with Crippen LogP contribution in [-0.2, 0) is 4.79 Å². The number of ketones is 1. The van der Waals surface area contributed by atoms with E-state index in [4.69, 9.17) is 11.0 Å². The molecule has 2 unspecified atom stereocenters. The molecule has 4 N–H and O–H groups in total. The third kappa shape index (κ3) is 2.73. The molecular weight excluding hydrogens is 390 g/mol. The number of carbonyl (C=O) groups is 2. The molecule has 0 aromatic carbocycles. The molecule has 7 nitrogen and oxygen atoms in total. The summed E-state index contributed by atoms with van der Waals surface area (Å²) in [4.78, 5) is 33.0. The third-order valence-corrected chi connectivity index (χ3v) is 8.65. The molecule has 7 heteroatoms. The topological polar surface area (TPSA) is 125 Å². The highest BCUT2D eigenvalue weighted by Gasteiger charge is 2.60. The summed E-state index contributed by atoms with van der Waals surface area (Å²) in [6, 6.07) is 4.48. The number of hydrogen-bond acceptors (Lipinski definition) is 5. The zero-order chi connectivity index (χ0) is 21.3. The number of amides is 1. The number of nitrogens with two attached hydrogens (primary N) is 1. The molecule has 0 saturated heterocycles. The second kappa shape index (κ2) is 6.56. The van der Waals surface area contributed by atoms with Crippen molar-refractivity contribution in [2.45, 2.75) is 51.0 Å². The molecule has 4 bridgehead atoms. The van der Waals surface area contributed by atoms with Gasteiger partial charge in [0.15, 0.2) is 0 Å². The van der Waals surface area contributed by atoms with Crippen LogP contribution in [-0.4, -0.2) is 27.7 Å². The summed E-state index contributed by atoms with van der Waals surface area (Å²) in [6.07, 6.45) is 10.0. The van der Waals surface area contributed by atoms with E-state index in [9.17, 15) is 9.59 Å². The number of aromatic nitrogens is 2. The molecule has 5 aliphatic rings. The van der Waals surface area contributed by atoms with Gasteiger partial charge in [0.1, 0.15) is 11.4 Å². The standard InChI is InChI=1S/C24H27N5O2/c25-10-13-5-14(6-13)21(30)24-7-12-3-15(8-24)19(16(4-12)9-24)29-20-17-1-2-27-23(17)28-11-18(20)22(26)31/h1-2,11-16,19H,3-9H2,(H2,26,31)(H2,27,28,29). The number of hydrogen-bond donors (Lipinski definition) is 3. The minimum Gasteiger partial charge on any atom is -0.380 e. The van der Waals surface area contributed by atoms with E-state index in [1.165, 1.54) is 0 Å². The lowest BCUT2D eigenvalue weighted by Gasteiger charge is -2.60. The van der Waals surface area contributed by atoms with Crippen molar-refractivity contribution in [3.8, 4) is 6.07 Å². The molecule has 0 aliphatic heterocycles. The number of H-pyrrole nitrogens is 1. The number of aromatic amines is 1. The number of rotatable bonds is 5. The van der Waals surface area contributed by atoms with Gasteiger partial charge in [-0.25, -0.2) is 4.98 Å². The Bertz CT molecular complexity index is 1110. The molecule has 2 aromatic rings. The summed E-state index contributed by atoms with van der Waals surface area (Å²) >= 11 is 0. The van der Waals surface area contributed by atoms with Crippen molar-refractivity contribution < 1.29 is 9.59 Å². The van der Waals surface area contributed by atoms with Crippen LogP contribution in [0.1, 0.15) is 55.3 Å². The van der Waals surface area contributed by atoms with Gasteiger partial charge in [0.05, 0.1) is 17.3 Å². The van der Waals surface area contributed by atoms with Crippen LogP contribution >= 0.6 is 0 Å². The molecule has 0 radical (unpaired) electrons. The molecule has 2 aromatic heterocycles. The quantitative estimate of drug-likeness (QED) is 0.688. The van der Waals surface area contributed by atoms with Crippen LogP contribution in [0.25, 0.3) is 11.0 Å². The summed E-state index contributed by atoms with van der Waals surface area (Å²) in [7, 11) is 0. The number of nitrogens with one attached hydrogen (secondary N) is 2. The van der Waals surface area contributed by atoms with Crippen LogP contribution in [0.2, 0.25) is 0 Å². The Morgan fingerprint density at radius 2 is 1.94 bits per heavy atom. The van der Waals surface area contributed by atoms with Gasteiger partial charge in [0, 0.05) is 41.1 Å². The first-order valence-corrected chi connectivity index (χ1v) is 11.4. The zero-order valence-electron chi connectivity index (χ0n) is 17.4. The van der Waals surface area contributed by atoms with Gasteiger partial charge < -0.3 is 16.0 Å². The fourth-order valence-electron chi connectivity index (χ4n) is 7.45. The lowest BCUT2D eigenvalue weighted by molar-refractivity contribution is -0.152. The molecule has 5 saturated carbocycles. The number of anilines is 1. The largest absolute Gasteiger partial charge is 0.380 e. The van der Waals surface area contributed by atoms with Gasteiger partial charge in [-0.05, 0) is 68.8 Å². The van der Waals surface area contributed by atoms with Crippen LogP contribution in [0.4, 0.5) is 5.69 Å². The summed E-state index contributed by atoms with van der Waals surface area (Å²) < 4.78 is 0. The Labute approximate surface area is 180 Å². The van der Waals surface area contributed by atoms with Crippen LogP contribution in [0, 0.1) is 46.3 Å². The smallest absolute Gasteiger partial charge is 0.252 e. The van der Waals surface area contributed by atoms with Gasteiger partial charge in [-0.2, -0.15) is 5.26 Å². The lowest BCUT2D eigenvalue weighted by Crippen LogP contribution is -2.59. The molecule has 1 amide bonds. The average Bonchev–Trinajstić information content (AvgIpc) is 3.18. The van der Waals surface area contributed by atoms with Gasteiger partial charge in [-0.1, -0.05) is 0 Å². The minimum atomic E-state index is -0.481. The minimum absolute atomic E-state index is 0.0694. The molecule has 2 atom stereocenters. The summed E-state index contributed by atoms with van der Waals surface area (Å²) in [5.74, 6) is 1.58.